The first-order chi connectivity index (χ1) is 5.11. The number of hydrogen-bond acceptors (Lipinski definition) is 2. The lowest BCUT2D eigenvalue weighted by molar-refractivity contribution is -0.104. The molecule has 0 fully saturated rings. The van der Waals surface area contributed by atoms with Gasteiger partial charge in [0.1, 0.15) is 6.29 Å². The Labute approximate surface area is 67.9 Å². The molecule has 0 saturated heterocycles. The van der Waals surface area contributed by atoms with Gasteiger partial charge in [-0.15, -0.1) is 0 Å². The van der Waals surface area contributed by atoms with Crippen LogP contribution in [0.25, 0.3) is 0 Å². The second kappa shape index (κ2) is 5.08. The highest BCUT2D eigenvalue weighted by molar-refractivity contribution is 5.72. The molecule has 2 atom stereocenters. The van der Waals surface area contributed by atoms with Crippen molar-refractivity contribution >= 4 is 6.29 Å². The van der Waals surface area contributed by atoms with Crippen LogP contribution in [-0.4, -0.2) is 17.5 Å². The summed E-state index contributed by atoms with van der Waals surface area (Å²) < 4.78 is 0. The van der Waals surface area contributed by atoms with E-state index in [1.54, 1.807) is 13.0 Å². The van der Waals surface area contributed by atoms with E-state index in [0.29, 0.717) is 5.57 Å². The molecule has 2 unspecified atom stereocenters. The van der Waals surface area contributed by atoms with E-state index in [4.69, 9.17) is 0 Å². The molecule has 0 aliphatic heterocycles. The molecule has 0 heterocycles. The molecule has 0 amide bonds. The molecule has 64 valence electrons. The Hall–Kier alpha value is -0.630. The maximum absolute atomic E-state index is 10.2. The van der Waals surface area contributed by atoms with E-state index in [1.807, 2.05) is 13.8 Å². The van der Waals surface area contributed by atoms with Crippen LogP contribution in [0.5, 0.6) is 0 Å². The third-order valence-corrected chi connectivity index (χ3v) is 1.74. The summed E-state index contributed by atoms with van der Waals surface area (Å²) in [6, 6.07) is 0. The highest BCUT2D eigenvalue weighted by atomic mass is 16.3. The fourth-order valence-electron chi connectivity index (χ4n) is 0.937. The van der Waals surface area contributed by atoms with E-state index in [-0.39, 0.29) is 12.0 Å². The number of aldehydes is 1. The number of aliphatic hydroxyl groups excluding tert-OH is 1. The smallest absolute Gasteiger partial charge is 0.145 e. The molecule has 11 heavy (non-hydrogen) atoms. The molecule has 1 N–H and O–H groups in total. The standard InChI is InChI=1S/C9H16O2/c1-4-9(11)8(3)5-7(2)6-10/h5-6,8-9,11H,4H2,1-3H3. The molecule has 0 aromatic rings. The van der Waals surface area contributed by atoms with Crippen LogP contribution in [0.15, 0.2) is 11.6 Å². The van der Waals surface area contributed by atoms with Gasteiger partial charge in [-0.05, 0) is 18.9 Å². The summed E-state index contributed by atoms with van der Waals surface area (Å²) in [7, 11) is 0. The summed E-state index contributed by atoms with van der Waals surface area (Å²) in [5, 5.41) is 9.31. The van der Waals surface area contributed by atoms with Crippen molar-refractivity contribution in [2.75, 3.05) is 0 Å². The molecular weight excluding hydrogens is 140 g/mol. The minimum absolute atomic E-state index is 0.0743. The molecule has 0 spiro atoms. The highest BCUT2D eigenvalue weighted by Gasteiger charge is 2.08. The molecule has 0 aliphatic rings. The normalized spacial score (nSPS) is 17.6. The van der Waals surface area contributed by atoms with E-state index in [0.717, 1.165) is 12.7 Å². The number of carbonyl (C=O) groups is 1. The molecule has 0 rings (SSSR count). The van der Waals surface area contributed by atoms with Crippen LogP contribution >= 0.6 is 0 Å². The van der Waals surface area contributed by atoms with Crippen LogP contribution in [0.2, 0.25) is 0 Å². The number of hydrogen-bond donors (Lipinski definition) is 1. The Balaban J connectivity index is 4.03. The lowest BCUT2D eigenvalue weighted by Gasteiger charge is -2.12. The molecular formula is C9H16O2. The predicted octanol–water partition coefficient (Wildman–Crippen LogP) is 1.54. The van der Waals surface area contributed by atoms with Crippen molar-refractivity contribution in [3.05, 3.63) is 11.6 Å². The van der Waals surface area contributed by atoms with Gasteiger partial charge in [-0.2, -0.15) is 0 Å². The molecule has 0 aromatic heterocycles. The van der Waals surface area contributed by atoms with Gasteiger partial charge in [0.2, 0.25) is 0 Å². The van der Waals surface area contributed by atoms with Crippen molar-refractivity contribution in [3.8, 4) is 0 Å². The van der Waals surface area contributed by atoms with E-state index < -0.39 is 0 Å². The van der Waals surface area contributed by atoms with Crippen LogP contribution in [0.4, 0.5) is 0 Å². The minimum Gasteiger partial charge on any atom is -0.393 e. The van der Waals surface area contributed by atoms with Crippen LogP contribution in [-0.2, 0) is 4.79 Å². The summed E-state index contributed by atoms with van der Waals surface area (Å²) in [6.45, 7) is 5.57. The third-order valence-electron chi connectivity index (χ3n) is 1.74. The lowest BCUT2D eigenvalue weighted by atomic mass is 10.0. The van der Waals surface area contributed by atoms with Crippen LogP contribution < -0.4 is 0 Å². The van der Waals surface area contributed by atoms with E-state index in [1.165, 1.54) is 0 Å². The molecule has 2 nitrogen and oxygen atoms in total. The Kier molecular flexibility index (Phi) is 4.79. The topological polar surface area (TPSA) is 37.3 Å². The van der Waals surface area contributed by atoms with E-state index in [9.17, 15) is 9.90 Å². The van der Waals surface area contributed by atoms with Gasteiger partial charge < -0.3 is 5.11 Å². The van der Waals surface area contributed by atoms with Gasteiger partial charge in [-0.1, -0.05) is 19.9 Å². The fraction of sp³-hybridized carbons (Fsp3) is 0.667. The van der Waals surface area contributed by atoms with Gasteiger partial charge in [-0.25, -0.2) is 0 Å². The fourth-order valence-corrected chi connectivity index (χ4v) is 0.937. The Morgan fingerprint density at radius 1 is 1.64 bits per heavy atom. The average Bonchev–Trinajstić information content (AvgIpc) is 2.02. The Morgan fingerprint density at radius 2 is 2.18 bits per heavy atom. The van der Waals surface area contributed by atoms with Gasteiger partial charge in [0.05, 0.1) is 6.10 Å². The summed E-state index contributed by atoms with van der Waals surface area (Å²) in [4.78, 5) is 10.2. The summed E-state index contributed by atoms with van der Waals surface area (Å²) in [6.07, 6.45) is 2.99. The van der Waals surface area contributed by atoms with Crippen molar-refractivity contribution in [1.29, 1.82) is 0 Å². The molecule has 0 saturated carbocycles. The first-order valence-electron chi connectivity index (χ1n) is 3.93. The van der Waals surface area contributed by atoms with Crippen LogP contribution in [0.1, 0.15) is 27.2 Å². The average molecular weight is 156 g/mol. The van der Waals surface area contributed by atoms with Gasteiger partial charge in [0, 0.05) is 5.92 Å². The maximum atomic E-state index is 10.2. The summed E-state index contributed by atoms with van der Waals surface area (Å²) in [5.41, 5.74) is 0.685. The van der Waals surface area contributed by atoms with Gasteiger partial charge in [0.25, 0.3) is 0 Å². The van der Waals surface area contributed by atoms with Crippen molar-refractivity contribution < 1.29 is 9.90 Å². The first-order valence-corrected chi connectivity index (χ1v) is 3.93. The monoisotopic (exact) mass is 156 g/mol. The largest absolute Gasteiger partial charge is 0.393 e. The first kappa shape index (κ1) is 10.4. The minimum atomic E-state index is -0.329. The number of rotatable bonds is 4. The highest BCUT2D eigenvalue weighted by Crippen LogP contribution is 2.09. The summed E-state index contributed by atoms with van der Waals surface area (Å²) >= 11 is 0. The summed E-state index contributed by atoms with van der Waals surface area (Å²) in [5.74, 6) is 0.0743. The van der Waals surface area contributed by atoms with E-state index in [2.05, 4.69) is 0 Å². The number of carbonyl (C=O) groups excluding carboxylic acids is 1. The number of allylic oxidation sites excluding steroid dienone is 1. The van der Waals surface area contributed by atoms with Crippen LogP contribution in [0, 0.1) is 5.92 Å². The SMILES string of the molecule is CCC(O)C(C)C=C(C)C=O. The molecule has 0 bridgehead atoms. The zero-order valence-electron chi connectivity index (χ0n) is 7.37. The zero-order chi connectivity index (χ0) is 8.85. The Morgan fingerprint density at radius 3 is 2.55 bits per heavy atom. The molecule has 2 heteroatoms. The zero-order valence-corrected chi connectivity index (χ0v) is 7.37. The quantitative estimate of drug-likeness (QED) is 0.495. The second-order valence-corrected chi connectivity index (χ2v) is 2.86. The van der Waals surface area contributed by atoms with Crippen molar-refractivity contribution in [3.63, 3.8) is 0 Å². The van der Waals surface area contributed by atoms with Crippen molar-refractivity contribution in [2.45, 2.75) is 33.3 Å². The van der Waals surface area contributed by atoms with Gasteiger partial charge in [-0.3, -0.25) is 4.79 Å². The molecule has 0 aromatic carbocycles. The Bertz CT molecular complexity index is 150. The van der Waals surface area contributed by atoms with Crippen molar-refractivity contribution in [2.24, 2.45) is 5.92 Å². The number of aliphatic hydroxyl groups is 1. The predicted molar refractivity (Wildman–Crippen MR) is 45.3 cm³/mol. The molecule has 0 radical (unpaired) electrons. The van der Waals surface area contributed by atoms with Crippen LogP contribution in [0.3, 0.4) is 0 Å². The van der Waals surface area contributed by atoms with Gasteiger partial charge >= 0.3 is 0 Å². The molecule has 0 aliphatic carbocycles. The third kappa shape index (κ3) is 3.94. The van der Waals surface area contributed by atoms with Gasteiger partial charge in [0.15, 0.2) is 0 Å². The maximum Gasteiger partial charge on any atom is 0.145 e. The van der Waals surface area contributed by atoms with Crippen molar-refractivity contribution in [1.82, 2.24) is 0 Å². The lowest BCUT2D eigenvalue weighted by Crippen LogP contribution is -2.14. The van der Waals surface area contributed by atoms with E-state index >= 15 is 0 Å². The second-order valence-electron chi connectivity index (χ2n) is 2.86.